The molecule has 3 rings (SSSR count). The number of ether oxygens (including phenoxy) is 1. The van der Waals surface area contributed by atoms with Gasteiger partial charge in [-0.05, 0) is 38.2 Å². The first-order chi connectivity index (χ1) is 10.8. The topological polar surface area (TPSA) is 42.7 Å². The van der Waals surface area contributed by atoms with Crippen LogP contribution >= 0.6 is 0 Å². The molecule has 0 N–H and O–H groups in total. The summed E-state index contributed by atoms with van der Waals surface area (Å²) < 4.78 is 7.21. The van der Waals surface area contributed by atoms with Crippen LogP contribution in [0.5, 0.6) is 0 Å². The molecule has 1 unspecified atom stereocenters. The number of rotatable bonds is 6. The van der Waals surface area contributed by atoms with Crippen LogP contribution in [0.1, 0.15) is 25.0 Å². The minimum atomic E-state index is 0.688. The van der Waals surface area contributed by atoms with Crippen molar-refractivity contribution in [3.05, 3.63) is 36.3 Å². The van der Waals surface area contributed by atoms with Gasteiger partial charge in [-0.15, -0.1) is 0 Å². The molecule has 2 aromatic heterocycles. The maximum Gasteiger partial charge on any atom is 0.154 e. The molecule has 0 bridgehead atoms. The van der Waals surface area contributed by atoms with Gasteiger partial charge in [-0.1, -0.05) is 12.2 Å². The quantitative estimate of drug-likeness (QED) is 0.769. The van der Waals surface area contributed by atoms with Crippen LogP contribution in [0.15, 0.2) is 30.6 Å². The summed E-state index contributed by atoms with van der Waals surface area (Å²) in [6, 6.07) is 2.10. The molecule has 0 aromatic carbocycles. The maximum atomic E-state index is 5.29. The van der Waals surface area contributed by atoms with Crippen LogP contribution in [-0.2, 0) is 4.74 Å². The number of aryl methyl sites for hydroxylation is 1. The average molecular weight is 300 g/mol. The van der Waals surface area contributed by atoms with Crippen molar-refractivity contribution in [2.75, 3.05) is 31.7 Å². The van der Waals surface area contributed by atoms with Crippen LogP contribution in [0.4, 0.5) is 5.82 Å². The highest BCUT2D eigenvalue weighted by atomic mass is 16.5. The van der Waals surface area contributed by atoms with Crippen LogP contribution < -0.4 is 4.90 Å². The van der Waals surface area contributed by atoms with E-state index in [-0.39, 0.29) is 0 Å². The number of hydrogen-bond donors (Lipinski definition) is 0. The molecule has 1 atom stereocenters. The second-order valence-electron chi connectivity index (χ2n) is 5.96. The Morgan fingerprint density at radius 2 is 2.32 bits per heavy atom. The number of methoxy groups -OCH3 is 1. The highest BCUT2D eigenvalue weighted by Gasteiger charge is 2.18. The normalized spacial score (nSPS) is 18.0. The summed E-state index contributed by atoms with van der Waals surface area (Å²) in [6.07, 6.45) is 11.9. The van der Waals surface area contributed by atoms with Crippen molar-refractivity contribution in [2.24, 2.45) is 5.92 Å². The molecule has 22 heavy (non-hydrogen) atoms. The van der Waals surface area contributed by atoms with E-state index in [0.29, 0.717) is 12.5 Å². The molecule has 5 heteroatoms. The Bertz CT molecular complexity index is 649. The van der Waals surface area contributed by atoms with E-state index < -0.39 is 0 Å². The first-order valence-corrected chi connectivity index (χ1v) is 7.98. The first-order valence-electron chi connectivity index (χ1n) is 7.98. The SMILES string of the molecule is COCCN(CC1CC=CCC1)c1nccn2nc(C)cc12. The summed E-state index contributed by atoms with van der Waals surface area (Å²) in [4.78, 5) is 6.98. The summed E-state index contributed by atoms with van der Waals surface area (Å²) in [5.41, 5.74) is 2.09. The van der Waals surface area contributed by atoms with Gasteiger partial charge in [-0.2, -0.15) is 5.10 Å². The molecule has 0 saturated heterocycles. The molecular formula is C17H24N4O. The van der Waals surface area contributed by atoms with Gasteiger partial charge in [0.1, 0.15) is 5.52 Å². The Morgan fingerprint density at radius 1 is 1.41 bits per heavy atom. The van der Waals surface area contributed by atoms with E-state index in [1.807, 2.05) is 23.8 Å². The van der Waals surface area contributed by atoms with Gasteiger partial charge >= 0.3 is 0 Å². The van der Waals surface area contributed by atoms with Crippen LogP contribution in [0.25, 0.3) is 5.52 Å². The lowest BCUT2D eigenvalue weighted by Gasteiger charge is -2.29. The zero-order valence-electron chi connectivity index (χ0n) is 13.4. The van der Waals surface area contributed by atoms with Crippen molar-refractivity contribution in [3.63, 3.8) is 0 Å². The van der Waals surface area contributed by atoms with E-state index in [0.717, 1.165) is 36.5 Å². The Kier molecular flexibility index (Phi) is 4.73. The molecule has 0 radical (unpaired) electrons. The Morgan fingerprint density at radius 3 is 3.09 bits per heavy atom. The van der Waals surface area contributed by atoms with Gasteiger partial charge in [0.15, 0.2) is 5.82 Å². The Hall–Kier alpha value is -1.88. The van der Waals surface area contributed by atoms with Gasteiger partial charge in [0.2, 0.25) is 0 Å². The fourth-order valence-corrected chi connectivity index (χ4v) is 3.09. The summed E-state index contributed by atoms with van der Waals surface area (Å²) >= 11 is 0. The second kappa shape index (κ2) is 6.92. The monoisotopic (exact) mass is 300 g/mol. The average Bonchev–Trinajstić information content (AvgIpc) is 2.92. The van der Waals surface area contributed by atoms with Crippen LogP contribution in [0.3, 0.4) is 0 Å². The second-order valence-corrected chi connectivity index (χ2v) is 5.96. The van der Waals surface area contributed by atoms with Crippen molar-refractivity contribution in [3.8, 4) is 0 Å². The van der Waals surface area contributed by atoms with E-state index in [9.17, 15) is 0 Å². The van der Waals surface area contributed by atoms with Crippen molar-refractivity contribution in [1.29, 1.82) is 0 Å². The lowest BCUT2D eigenvalue weighted by Crippen LogP contribution is -2.33. The van der Waals surface area contributed by atoms with Gasteiger partial charge in [-0.3, -0.25) is 0 Å². The summed E-state index contributed by atoms with van der Waals surface area (Å²) in [7, 11) is 1.75. The lowest BCUT2D eigenvalue weighted by molar-refractivity contribution is 0.204. The third-order valence-corrected chi connectivity index (χ3v) is 4.21. The van der Waals surface area contributed by atoms with E-state index in [4.69, 9.17) is 4.74 Å². The molecule has 0 aliphatic heterocycles. The minimum absolute atomic E-state index is 0.688. The van der Waals surface area contributed by atoms with Crippen LogP contribution in [-0.4, -0.2) is 41.4 Å². The molecule has 0 amide bonds. The predicted octanol–water partition coefficient (Wildman–Crippen LogP) is 2.85. The summed E-state index contributed by atoms with van der Waals surface area (Å²) in [5.74, 6) is 1.70. The molecular weight excluding hydrogens is 276 g/mol. The molecule has 5 nitrogen and oxygen atoms in total. The lowest BCUT2D eigenvalue weighted by atomic mass is 9.94. The Labute approximate surface area is 131 Å². The van der Waals surface area contributed by atoms with E-state index in [1.165, 1.54) is 12.8 Å². The number of allylic oxidation sites excluding steroid dienone is 2. The molecule has 2 heterocycles. The van der Waals surface area contributed by atoms with E-state index in [2.05, 4.69) is 33.2 Å². The van der Waals surface area contributed by atoms with Crippen molar-refractivity contribution in [2.45, 2.75) is 26.2 Å². The summed E-state index contributed by atoms with van der Waals surface area (Å²) in [6.45, 7) is 4.60. The van der Waals surface area contributed by atoms with Crippen molar-refractivity contribution < 1.29 is 4.74 Å². The van der Waals surface area contributed by atoms with E-state index in [1.54, 1.807) is 7.11 Å². The molecule has 1 aliphatic carbocycles. The molecule has 0 spiro atoms. The molecule has 1 aliphatic rings. The van der Waals surface area contributed by atoms with Gasteiger partial charge in [0.05, 0.1) is 12.3 Å². The zero-order chi connectivity index (χ0) is 15.4. The maximum absolute atomic E-state index is 5.29. The van der Waals surface area contributed by atoms with Gasteiger partial charge < -0.3 is 9.64 Å². The number of aromatic nitrogens is 3. The van der Waals surface area contributed by atoms with Crippen LogP contribution in [0, 0.1) is 12.8 Å². The van der Waals surface area contributed by atoms with E-state index >= 15 is 0 Å². The highest BCUT2D eigenvalue weighted by Crippen LogP contribution is 2.24. The Balaban J connectivity index is 1.87. The molecule has 2 aromatic rings. The molecule has 0 fully saturated rings. The van der Waals surface area contributed by atoms with Gasteiger partial charge in [0, 0.05) is 32.6 Å². The fraction of sp³-hybridized carbons (Fsp3) is 0.529. The third-order valence-electron chi connectivity index (χ3n) is 4.21. The number of hydrogen-bond acceptors (Lipinski definition) is 4. The standard InChI is InChI=1S/C17H24N4O/c1-14-12-16-17(18-8-9-21(16)19-14)20(10-11-22-2)13-15-6-4-3-5-7-15/h3-4,8-9,12,15H,5-7,10-11,13H2,1-2H3. The van der Waals surface area contributed by atoms with Gasteiger partial charge in [-0.25, -0.2) is 9.50 Å². The smallest absolute Gasteiger partial charge is 0.154 e. The largest absolute Gasteiger partial charge is 0.383 e. The number of anilines is 1. The minimum Gasteiger partial charge on any atom is -0.383 e. The predicted molar refractivity (Wildman–Crippen MR) is 88.3 cm³/mol. The number of fused-ring (bicyclic) bond motifs is 1. The molecule has 118 valence electrons. The number of nitrogens with zero attached hydrogens (tertiary/aromatic N) is 4. The van der Waals surface area contributed by atoms with Gasteiger partial charge in [0.25, 0.3) is 0 Å². The zero-order valence-corrected chi connectivity index (χ0v) is 13.4. The van der Waals surface area contributed by atoms with Crippen LogP contribution in [0.2, 0.25) is 0 Å². The molecule has 0 saturated carbocycles. The highest BCUT2D eigenvalue weighted by molar-refractivity contribution is 5.69. The third kappa shape index (κ3) is 3.30. The first kappa shape index (κ1) is 15.0. The summed E-state index contributed by atoms with van der Waals surface area (Å²) in [5, 5.41) is 4.49. The van der Waals surface area contributed by atoms with Crippen molar-refractivity contribution >= 4 is 11.3 Å². The van der Waals surface area contributed by atoms with Crippen molar-refractivity contribution in [1.82, 2.24) is 14.6 Å². The fourth-order valence-electron chi connectivity index (χ4n) is 3.09.